The number of nitrogens with two attached hydrogens (primary N) is 1. The highest BCUT2D eigenvalue weighted by atomic mass is 35.5. The number of rotatable bonds is 4. The van der Waals surface area contributed by atoms with Crippen molar-refractivity contribution >= 4 is 46.4 Å². The summed E-state index contributed by atoms with van der Waals surface area (Å²) >= 11 is 24.2. The average molecular weight is 365 g/mol. The van der Waals surface area contributed by atoms with Crippen molar-refractivity contribution in [2.75, 3.05) is 7.11 Å². The van der Waals surface area contributed by atoms with E-state index >= 15 is 0 Å². The fraction of sp³-hybridized carbons (Fsp3) is 0.200. The van der Waals surface area contributed by atoms with Gasteiger partial charge in [-0.15, -0.1) is 0 Å². The number of hydrogen-bond donors (Lipinski definition) is 1. The van der Waals surface area contributed by atoms with Gasteiger partial charge in [-0.3, -0.25) is 0 Å². The van der Waals surface area contributed by atoms with Gasteiger partial charge in [0.25, 0.3) is 0 Å². The molecule has 0 spiro atoms. The van der Waals surface area contributed by atoms with E-state index in [1.165, 1.54) is 7.11 Å². The highest BCUT2D eigenvalue weighted by molar-refractivity contribution is 6.42. The maximum absolute atomic E-state index is 6.23. The molecule has 0 aliphatic carbocycles. The zero-order valence-corrected chi connectivity index (χ0v) is 14.2. The van der Waals surface area contributed by atoms with E-state index in [0.29, 0.717) is 32.3 Å². The highest BCUT2D eigenvalue weighted by Crippen LogP contribution is 2.34. The third-order valence-electron chi connectivity index (χ3n) is 3.11. The minimum absolute atomic E-state index is 0.307. The van der Waals surface area contributed by atoms with Crippen molar-refractivity contribution in [1.82, 2.24) is 0 Å². The summed E-state index contributed by atoms with van der Waals surface area (Å²) in [5, 5.41) is 2.00. The predicted octanol–water partition coefficient (Wildman–Crippen LogP) is 5.55. The van der Waals surface area contributed by atoms with E-state index in [-0.39, 0.29) is 6.04 Å². The Kier molecular flexibility index (Phi) is 5.64. The molecule has 0 aliphatic heterocycles. The summed E-state index contributed by atoms with van der Waals surface area (Å²) in [7, 11) is 1.53. The Bertz CT molecular complexity index is 660. The molecule has 0 fully saturated rings. The third kappa shape index (κ3) is 3.97. The second-order valence-electron chi connectivity index (χ2n) is 4.57. The molecule has 0 bridgehead atoms. The van der Waals surface area contributed by atoms with Crippen LogP contribution in [0.2, 0.25) is 20.1 Å². The number of methoxy groups -OCH3 is 1. The topological polar surface area (TPSA) is 35.2 Å². The molecule has 6 heteroatoms. The molecule has 2 aromatic rings. The summed E-state index contributed by atoms with van der Waals surface area (Å²) in [6.07, 6.45) is 0.569. The molecular weight excluding hydrogens is 352 g/mol. The van der Waals surface area contributed by atoms with Gasteiger partial charge in [0, 0.05) is 17.1 Å². The van der Waals surface area contributed by atoms with Crippen LogP contribution >= 0.6 is 46.4 Å². The average Bonchev–Trinajstić information content (AvgIpc) is 2.44. The van der Waals surface area contributed by atoms with Crippen LogP contribution in [0.4, 0.5) is 0 Å². The largest absolute Gasteiger partial charge is 0.495 e. The smallest absolute Gasteiger partial charge is 0.138 e. The molecule has 1 atom stereocenters. The van der Waals surface area contributed by atoms with Crippen molar-refractivity contribution < 1.29 is 4.74 Å². The Morgan fingerprint density at radius 3 is 2.29 bits per heavy atom. The summed E-state index contributed by atoms with van der Waals surface area (Å²) in [4.78, 5) is 0. The van der Waals surface area contributed by atoms with Crippen molar-refractivity contribution in [3.63, 3.8) is 0 Å². The minimum atomic E-state index is -0.307. The normalized spacial score (nSPS) is 12.3. The third-order valence-corrected chi connectivity index (χ3v) is 4.47. The zero-order valence-electron chi connectivity index (χ0n) is 11.2. The number of halogens is 4. The maximum Gasteiger partial charge on any atom is 0.138 e. The molecule has 2 aromatic carbocycles. The van der Waals surface area contributed by atoms with Crippen molar-refractivity contribution in [3.05, 3.63) is 61.5 Å². The zero-order chi connectivity index (χ0) is 15.6. The van der Waals surface area contributed by atoms with Crippen LogP contribution < -0.4 is 10.5 Å². The maximum atomic E-state index is 6.23. The van der Waals surface area contributed by atoms with Crippen molar-refractivity contribution in [1.29, 1.82) is 0 Å². The van der Waals surface area contributed by atoms with Crippen LogP contribution in [0.3, 0.4) is 0 Å². The Hall–Kier alpha value is -0.640. The van der Waals surface area contributed by atoms with Crippen molar-refractivity contribution in [2.24, 2.45) is 5.73 Å². The fourth-order valence-electron chi connectivity index (χ4n) is 2.02. The molecule has 112 valence electrons. The molecule has 0 radical (unpaired) electrons. The molecule has 0 saturated heterocycles. The van der Waals surface area contributed by atoms with Crippen LogP contribution in [0.25, 0.3) is 0 Å². The first-order chi connectivity index (χ1) is 9.92. The van der Waals surface area contributed by atoms with E-state index in [1.807, 2.05) is 6.07 Å². The van der Waals surface area contributed by atoms with Gasteiger partial charge in [-0.05, 0) is 35.7 Å². The van der Waals surface area contributed by atoms with Gasteiger partial charge in [-0.1, -0.05) is 52.5 Å². The monoisotopic (exact) mass is 363 g/mol. The molecular formula is C15H13Cl4NO. The Balaban J connectivity index is 2.25. The summed E-state index contributed by atoms with van der Waals surface area (Å²) in [5.41, 5.74) is 7.95. The molecule has 0 heterocycles. The molecule has 1 unspecified atom stereocenters. The van der Waals surface area contributed by atoms with Gasteiger partial charge in [0.15, 0.2) is 0 Å². The van der Waals surface area contributed by atoms with Crippen LogP contribution in [0.5, 0.6) is 5.75 Å². The molecule has 2 rings (SSSR count). The lowest BCUT2D eigenvalue weighted by Gasteiger charge is -2.16. The lowest BCUT2D eigenvalue weighted by atomic mass is 9.99. The van der Waals surface area contributed by atoms with E-state index in [4.69, 9.17) is 56.9 Å². The predicted molar refractivity (Wildman–Crippen MR) is 90.1 cm³/mol. The summed E-state index contributed by atoms with van der Waals surface area (Å²) < 4.78 is 5.12. The second kappa shape index (κ2) is 7.08. The molecule has 2 N–H and O–H groups in total. The first-order valence-corrected chi connectivity index (χ1v) is 7.66. The lowest BCUT2D eigenvalue weighted by molar-refractivity contribution is 0.415. The van der Waals surface area contributed by atoms with Crippen LogP contribution in [0.1, 0.15) is 17.2 Å². The van der Waals surface area contributed by atoms with E-state index in [9.17, 15) is 0 Å². The molecule has 21 heavy (non-hydrogen) atoms. The molecule has 0 amide bonds. The Morgan fingerprint density at radius 2 is 1.67 bits per heavy atom. The van der Waals surface area contributed by atoms with Gasteiger partial charge in [0.1, 0.15) is 5.75 Å². The highest BCUT2D eigenvalue weighted by Gasteiger charge is 2.15. The SMILES string of the molecule is COc1cc(Cl)c(C(N)Cc2ccc(Cl)c(Cl)c2)cc1Cl. The number of benzene rings is 2. The summed E-state index contributed by atoms with van der Waals surface area (Å²) in [6, 6.07) is 8.50. The molecule has 0 saturated carbocycles. The van der Waals surface area contributed by atoms with E-state index < -0.39 is 0 Å². The molecule has 0 aromatic heterocycles. The van der Waals surface area contributed by atoms with Gasteiger partial charge >= 0.3 is 0 Å². The molecule has 2 nitrogen and oxygen atoms in total. The van der Waals surface area contributed by atoms with Crippen molar-refractivity contribution in [3.8, 4) is 5.75 Å². The van der Waals surface area contributed by atoms with E-state index in [1.54, 1.807) is 24.3 Å². The quantitative estimate of drug-likeness (QED) is 0.771. The van der Waals surface area contributed by atoms with E-state index in [0.717, 1.165) is 11.1 Å². The van der Waals surface area contributed by atoms with Gasteiger partial charge in [0.05, 0.1) is 22.2 Å². The summed E-state index contributed by atoms with van der Waals surface area (Å²) in [6.45, 7) is 0. The number of hydrogen-bond acceptors (Lipinski definition) is 2. The lowest BCUT2D eigenvalue weighted by Crippen LogP contribution is -2.14. The van der Waals surface area contributed by atoms with Crippen LogP contribution in [-0.2, 0) is 6.42 Å². The molecule has 0 aliphatic rings. The first kappa shape index (κ1) is 16.7. The Labute approximate surface area is 143 Å². The summed E-state index contributed by atoms with van der Waals surface area (Å²) in [5.74, 6) is 0.521. The first-order valence-electron chi connectivity index (χ1n) is 6.14. The second-order valence-corrected chi connectivity index (χ2v) is 6.20. The standard InChI is InChI=1S/C15H13Cl4NO/c1-21-15-7-11(17)9(6-13(15)19)14(20)5-8-2-3-10(16)12(18)4-8/h2-4,6-7,14H,5,20H2,1H3. The van der Waals surface area contributed by atoms with Gasteiger partial charge in [-0.2, -0.15) is 0 Å². The van der Waals surface area contributed by atoms with Gasteiger partial charge in [0.2, 0.25) is 0 Å². The van der Waals surface area contributed by atoms with Crippen LogP contribution in [0.15, 0.2) is 30.3 Å². The van der Waals surface area contributed by atoms with Gasteiger partial charge in [-0.25, -0.2) is 0 Å². The number of ether oxygens (including phenoxy) is 1. The van der Waals surface area contributed by atoms with Crippen LogP contribution in [0, 0.1) is 0 Å². The van der Waals surface area contributed by atoms with E-state index in [2.05, 4.69) is 0 Å². The van der Waals surface area contributed by atoms with Gasteiger partial charge < -0.3 is 10.5 Å². The van der Waals surface area contributed by atoms with Crippen LogP contribution in [-0.4, -0.2) is 7.11 Å². The minimum Gasteiger partial charge on any atom is -0.495 e. The van der Waals surface area contributed by atoms with Crippen molar-refractivity contribution in [2.45, 2.75) is 12.5 Å². The Morgan fingerprint density at radius 1 is 0.952 bits per heavy atom. The fourth-order valence-corrected chi connectivity index (χ4v) is 2.88.